The molecule has 4 aromatic rings. The van der Waals surface area contributed by atoms with Crippen molar-refractivity contribution in [2.45, 2.75) is 51.6 Å². The van der Waals surface area contributed by atoms with Gasteiger partial charge in [-0.1, -0.05) is 53.1 Å². The molecule has 12 nitrogen and oxygen atoms in total. The molecule has 3 aromatic carbocycles. The van der Waals surface area contributed by atoms with Crippen LogP contribution in [0.4, 0.5) is 0 Å². The van der Waals surface area contributed by atoms with E-state index >= 15 is 0 Å². The van der Waals surface area contributed by atoms with Gasteiger partial charge in [0.1, 0.15) is 36.1 Å². The van der Waals surface area contributed by atoms with E-state index in [2.05, 4.69) is 10.2 Å². The summed E-state index contributed by atoms with van der Waals surface area (Å²) in [6.07, 6.45) is -4.23. The van der Waals surface area contributed by atoms with Gasteiger partial charge in [0.05, 0.1) is 16.7 Å². The molecule has 1 fully saturated rings. The SMILES string of the molecule is Cc1ccc(C(=O)OCC2OC(c3n[nH]c(C#N)c3C(=O)O)[C@](C)(OC(=O)c3ccc(C)cc3)[C@@H]2OC(=O)c2ccc(C)cc2)cc1. The summed E-state index contributed by atoms with van der Waals surface area (Å²) in [4.78, 5) is 52.4. The second-order valence-corrected chi connectivity index (χ2v) is 11.4. The Hall–Kier alpha value is -5.80. The van der Waals surface area contributed by atoms with Crippen molar-refractivity contribution in [3.05, 3.63) is 123 Å². The van der Waals surface area contributed by atoms with E-state index in [4.69, 9.17) is 18.9 Å². The van der Waals surface area contributed by atoms with Crippen LogP contribution in [0.15, 0.2) is 72.8 Å². The first kappa shape index (κ1) is 32.6. The Morgan fingerprint density at radius 2 is 1.34 bits per heavy atom. The lowest BCUT2D eigenvalue weighted by Crippen LogP contribution is -2.50. The number of rotatable bonds is 9. The molecule has 2 N–H and O–H groups in total. The number of ether oxygens (including phenoxy) is 4. The fraction of sp³-hybridized carbons (Fsp3) is 0.257. The first-order valence-electron chi connectivity index (χ1n) is 14.6. The molecule has 0 saturated carbocycles. The molecule has 1 aromatic heterocycles. The molecule has 0 radical (unpaired) electrons. The number of carboxylic acid groups (broad SMARTS) is 1. The van der Waals surface area contributed by atoms with Crippen LogP contribution in [0, 0.1) is 32.1 Å². The molecule has 2 heterocycles. The van der Waals surface area contributed by atoms with Gasteiger partial charge in [-0.15, -0.1) is 0 Å². The number of carboxylic acids is 1. The maximum absolute atomic E-state index is 13.6. The van der Waals surface area contributed by atoms with E-state index in [1.807, 2.05) is 20.8 Å². The Morgan fingerprint density at radius 3 is 1.83 bits per heavy atom. The Balaban J connectivity index is 1.58. The minimum Gasteiger partial charge on any atom is -0.478 e. The first-order chi connectivity index (χ1) is 22.4. The number of carbonyl (C=O) groups is 4. The third-order valence-corrected chi connectivity index (χ3v) is 7.89. The highest BCUT2D eigenvalue weighted by atomic mass is 16.7. The first-order valence-corrected chi connectivity index (χ1v) is 14.6. The number of aromatic carboxylic acids is 1. The van der Waals surface area contributed by atoms with Crippen molar-refractivity contribution >= 4 is 23.9 Å². The van der Waals surface area contributed by atoms with Gasteiger partial charge in [-0.25, -0.2) is 19.2 Å². The van der Waals surface area contributed by atoms with Crippen molar-refractivity contribution in [3.63, 3.8) is 0 Å². The molecular formula is C35H31N3O9. The Kier molecular flexibility index (Phi) is 9.21. The van der Waals surface area contributed by atoms with Crippen molar-refractivity contribution in [2.75, 3.05) is 6.61 Å². The molecule has 12 heteroatoms. The van der Waals surface area contributed by atoms with Crippen LogP contribution in [-0.2, 0) is 18.9 Å². The molecule has 240 valence electrons. The third-order valence-electron chi connectivity index (χ3n) is 7.89. The monoisotopic (exact) mass is 637 g/mol. The van der Waals surface area contributed by atoms with E-state index in [0.29, 0.717) is 0 Å². The lowest BCUT2D eigenvalue weighted by molar-refractivity contribution is -0.0897. The molecule has 47 heavy (non-hydrogen) atoms. The van der Waals surface area contributed by atoms with Gasteiger partial charge in [0.15, 0.2) is 17.4 Å². The second kappa shape index (κ2) is 13.3. The molecule has 1 saturated heterocycles. The summed E-state index contributed by atoms with van der Waals surface area (Å²) in [7, 11) is 0. The van der Waals surface area contributed by atoms with Crippen LogP contribution >= 0.6 is 0 Å². The fourth-order valence-corrected chi connectivity index (χ4v) is 5.26. The normalized spacial score (nSPS) is 20.2. The number of hydrogen-bond donors (Lipinski definition) is 2. The molecule has 1 aliphatic heterocycles. The Bertz CT molecular complexity index is 1860. The van der Waals surface area contributed by atoms with Gasteiger partial charge in [-0.05, 0) is 64.1 Å². The van der Waals surface area contributed by atoms with Crippen LogP contribution in [0.3, 0.4) is 0 Å². The number of H-pyrrole nitrogens is 1. The molecule has 0 aliphatic carbocycles. The lowest BCUT2D eigenvalue weighted by atomic mass is 9.88. The van der Waals surface area contributed by atoms with Gasteiger partial charge in [0, 0.05) is 0 Å². The van der Waals surface area contributed by atoms with E-state index in [0.717, 1.165) is 16.7 Å². The molecule has 1 aliphatic rings. The summed E-state index contributed by atoms with van der Waals surface area (Å²) in [6.45, 7) is 6.49. The molecule has 0 spiro atoms. The molecule has 4 atom stereocenters. The van der Waals surface area contributed by atoms with Crippen LogP contribution in [0.5, 0.6) is 0 Å². The zero-order valence-electron chi connectivity index (χ0n) is 26.0. The molecule has 2 unspecified atom stereocenters. The van der Waals surface area contributed by atoms with Crippen LogP contribution in [-0.4, -0.2) is 63.6 Å². The number of nitriles is 1. The molecule has 0 bridgehead atoms. The minimum atomic E-state index is -1.95. The predicted molar refractivity (Wildman–Crippen MR) is 165 cm³/mol. The van der Waals surface area contributed by atoms with Gasteiger partial charge in [-0.3, -0.25) is 5.10 Å². The molecule has 5 rings (SSSR count). The summed E-state index contributed by atoms with van der Waals surface area (Å²) in [6, 6.07) is 21.5. The standard InChI is InChI=1S/C35H31N3O9/c1-19-5-11-22(12-6-19)32(41)44-18-26-29(46-33(42)23-13-7-20(2)8-14-23)35(4,47-34(43)24-15-9-21(3)10-16-24)30(45-26)28-27(31(39)40)25(17-36)37-38-28/h5-16,26,29-30H,18H2,1-4H3,(H,37,38)(H,39,40)/t26?,29-,30?,35-/m1/s1. The number of aromatic amines is 1. The Labute approximate surface area is 269 Å². The van der Waals surface area contributed by atoms with E-state index < -0.39 is 60.0 Å². The zero-order chi connectivity index (χ0) is 33.9. The van der Waals surface area contributed by atoms with E-state index in [1.165, 1.54) is 6.92 Å². The predicted octanol–water partition coefficient (Wildman–Crippen LogP) is 5.04. The summed E-state index contributed by atoms with van der Waals surface area (Å²) in [5.74, 6) is -3.83. The third kappa shape index (κ3) is 6.75. The highest BCUT2D eigenvalue weighted by molar-refractivity contribution is 5.93. The maximum Gasteiger partial charge on any atom is 0.340 e. The van der Waals surface area contributed by atoms with Crippen molar-refractivity contribution in [2.24, 2.45) is 0 Å². The minimum absolute atomic E-state index is 0.159. The van der Waals surface area contributed by atoms with Gasteiger partial charge in [0.2, 0.25) is 0 Å². The number of carbonyl (C=O) groups excluding carboxylic acids is 3. The van der Waals surface area contributed by atoms with Crippen LogP contribution < -0.4 is 0 Å². The van der Waals surface area contributed by atoms with Crippen LogP contribution in [0.25, 0.3) is 0 Å². The highest BCUT2D eigenvalue weighted by Gasteiger charge is 2.61. The summed E-state index contributed by atoms with van der Waals surface area (Å²) in [5, 5.41) is 26.0. The number of benzene rings is 3. The summed E-state index contributed by atoms with van der Waals surface area (Å²) in [5.41, 5.74) is 0.201. The summed E-state index contributed by atoms with van der Waals surface area (Å²) < 4.78 is 23.9. The van der Waals surface area contributed by atoms with E-state index in [9.17, 15) is 29.5 Å². The summed E-state index contributed by atoms with van der Waals surface area (Å²) >= 11 is 0. The van der Waals surface area contributed by atoms with Gasteiger partial charge >= 0.3 is 23.9 Å². The largest absolute Gasteiger partial charge is 0.478 e. The van der Waals surface area contributed by atoms with Crippen molar-refractivity contribution in [3.8, 4) is 6.07 Å². The second-order valence-electron chi connectivity index (χ2n) is 11.4. The van der Waals surface area contributed by atoms with Gasteiger partial charge in [-0.2, -0.15) is 10.4 Å². The van der Waals surface area contributed by atoms with Crippen molar-refractivity contribution in [1.29, 1.82) is 5.26 Å². The van der Waals surface area contributed by atoms with Gasteiger partial charge < -0.3 is 24.1 Å². The average molecular weight is 638 g/mol. The Morgan fingerprint density at radius 1 is 0.851 bits per heavy atom. The zero-order valence-corrected chi connectivity index (χ0v) is 26.0. The number of hydrogen-bond acceptors (Lipinski definition) is 10. The smallest absolute Gasteiger partial charge is 0.340 e. The molecular weight excluding hydrogens is 606 g/mol. The maximum atomic E-state index is 13.6. The number of aromatic nitrogens is 2. The van der Waals surface area contributed by atoms with Crippen LogP contribution in [0.1, 0.15) is 82.5 Å². The van der Waals surface area contributed by atoms with Gasteiger partial charge in [0.25, 0.3) is 0 Å². The highest BCUT2D eigenvalue weighted by Crippen LogP contribution is 2.47. The number of esters is 3. The number of nitrogens with zero attached hydrogens (tertiary/aromatic N) is 2. The van der Waals surface area contributed by atoms with Crippen molar-refractivity contribution in [1.82, 2.24) is 10.2 Å². The quantitative estimate of drug-likeness (QED) is 0.185. The molecule has 0 amide bonds. The van der Waals surface area contributed by atoms with E-state index in [-0.39, 0.29) is 28.1 Å². The van der Waals surface area contributed by atoms with E-state index in [1.54, 1.807) is 78.9 Å². The number of nitrogens with one attached hydrogen (secondary N) is 1. The van der Waals surface area contributed by atoms with Crippen molar-refractivity contribution < 1.29 is 43.2 Å². The van der Waals surface area contributed by atoms with Crippen LogP contribution in [0.2, 0.25) is 0 Å². The average Bonchev–Trinajstić information content (AvgIpc) is 3.59. The number of aryl methyl sites for hydroxylation is 3. The fourth-order valence-electron chi connectivity index (χ4n) is 5.26. The topological polar surface area (TPSA) is 178 Å². The lowest BCUT2D eigenvalue weighted by Gasteiger charge is -2.34.